The van der Waals surface area contributed by atoms with Crippen molar-refractivity contribution in [2.24, 2.45) is 5.92 Å². The van der Waals surface area contributed by atoms with Crippen molar-refractivity contribution in [2.45, 2.75) is 78.0 Å². The minimum absolute atomic E-state index is 0.439. The second kappa shape index (κ2) is 7.29. The zero-order valence-electron chi connectivity index (χ0n) is 11.5. The summed E-state index contributed by atoms with van der Waals surface area (Å²) in [6.07, 6.45) is 6.81. The summed E-state index contributed by atoms with van der Waals surface area (Å²) in [5, 5.41) is 3.74. The fourth-order valence-electron chi connectivity index (χ4n) is 2.47. The van der Waals surface area contributed by atoms with Gasteiger partial charge in [0, 0.05) is 18.7 Å². The molecule has 0 amide bonds. The van der Waals surface area contributed by atoms with Crippen molar-refractivity contribution in [3.63, 3.8) is 0 Å². The van der Waals surface area contributed by atoms with Crippen LogP contribution in [0.5, 0.6) is 0 Å². The van der Waals surface area contributed by atoms with Crippen molar-refractivity contribution in [2.75, 3.05) is 6.61 Å². The Morgan fingerprint density at radius 2 is 2.00 bits per heavy atom. The van der Waals surface area contributed by atoms with E-state index in [4.69, 9.17) is 4.74 Å². The Balaban J connectivity index is 2.10. The van der Waals surface area contributed by atoms with Crippen molar-refractivity contribution in [3.05, 3.63) is 0 Å². The molecule has 0 saturated carbocycles. The number of hydrogen-bond donors (Lipinski definition) is 1. The minimum atomic E-state index is 0.439. The van der Waals surface area contributed by atoms with Gasteiger partial charge in [-0.05, 0) is 39.0 Å². The Hall–Kier alpha value is -0.0800. The molecule has 0 aromatic carbocycles. The lowest BCUT2D eigenvalue weighted by molar-refractivity contribution is 0.0114. The first-order valence-corrected chi connectivity index (χ1v) is 6.95. The highest BCUT2D eigenvalue weighted by Gasteiger charge is 2.20. The van der Waals surface area contributed by atoms with Crippen LogP contribution in [-0.4, -0.2) is 24.8 Å². The summed E-state index contributed by atoms with van der Waals surface area (Å²) >= 11 is 0. The molecule has 0 aliphatic carbocycles. The van der Waals surface area contributed by atoms with Crippen LogP contribution in [-0.2, 0) is 4.74 Å². The van der Waals surface area contributed by atoms with E-state index in [-0.39, 0.29) is 0 Å². The first-order chi connectivity index (χ1) is 7.58. The largest absolute Gasteiger partial charge is 0.378 e. The highest BCUT2D eigenvalue weighted by molar-refractivity contribution is 4.77. The highest BCUT2D eigenvalue weighted by Crippen LogP contribution is 2.15. The zero-order valence-corrected chi connectivity index (χ0v) is 11.5. The minimum Gasteiger partial charge on any atom is -0.378 e. The monoisotopic (exact) mass is 227 g/mol. The lowest BCUT2D eigenvalue weighted by atomic mass is 10.0. The lowest BCUT2D eigenvalue weighted by Gasteiger charge is -2.30. The van der Waals surface area contributed by atoms with Gasteiger partial charge in [0.15, 0.2) is 0 Å². The summed E-state index contributed by atoms with van der Waals surface area (Å²) in [6.45, 7) is 10.0. The van der Waals surface area contributed by atoms with Crippen LogP contribution in [0.25, 0.3) is 0 Å². The van der Waals surface area contributed by atoms with Gasteiger partial charge >= 0.3 is 0 Å². The van der Waals surface area contributed by atoms with Gasteiger partial charge in [0.2, 0.25) is 0 Å². The smallest absolute Gasteiger partial charge is 0.0561 e. The van der Waals surface area contributed by atoms with Crippen LogP contribution in [0.2, 0.25) is 0 Å². The van der Waals surface area contributed by atoms with Gasteiger partial charge < -0.3 is 10.1 Å². The van der Waals surface area contributed by atoms with E-state index >= 15 is 0 Å². The molecule has 16 heavy (non-hydrogen) atoms. The predicted molar refractivity (Wildman–Crippen MR) is 69.7 cm³/mol. The van der Waals surface area contributed by atoms with Crippen LogP contribution in [0, 0.1) is 5.92 Å². The highest BCUT2D eigenvalue weighted by atomic mass is 16.5. The molecule has 1 aliphatic rings. The lowest BCUT2D eigenvalue weighted by Crippen LogP contribution is -2.42. The molecule has 0 spiro atoms. The average molecular weight is 227 g/mol. The molecule has 1 rings (SSSR count). The second-order valence-corrected chi connectivity index (χ2v) is 5.80. The van der Waals surface area contributed by atoms with Crippen LogP contribution < -0.4 is 5.32 Å². The summed E-state index contributed by atoms with van der Waals surface area (Å²) in [7, 11) is 0. The van der Waals surface area contributed by atoms with Gasteiger partial charge in [-0.25, -0.2) is 0 Å². The van der Waals surface area contributed by atoms with E-state index < -0.39 is 0 Å². The van der Waals surface area contributed by atoms with Gasteiger partial charge in [-0.2, -0.15) is 0 Å². The Kier molecular flexibility index (Phi) is 6.37. The molecular weight excluding hydrogens is 198 g/mol. The molecule has 2 heteroatoms. The summed E-state index contributed by atoms with van der Waals surface area (Å²) in [5.41, 5.74) is 0. The van der Waals surface area contributed by atoms with E-state index in [1.54, 1.807) is 0 Å². The van der Waals surface area contributed by atoms with Crippen molar-refractivity contribution >= 4 is 0 Å². The van der Waals surface area contributed by atoms with Crippen LogP contribution in [0.1, 0.15) is 59.8 Å². The third kappa shape index (κ3) is 5.86. The van der Waals surface area contributed by atoms with E-state index in [1.165, 1.54) is 32.1 Å². The third-order valence-corrected chi connectivity index (χ3v) is 3.42. The van der Waals surface area contributed by atoms with Gasteiger partial charge in [0.05, 0.1) is 6.10 Å². The van der Waals surface area contributed by atoms with E-state index in [0.29, 0.717) is 18.2 Å². The SMILES string of the molecule is CC(C)CCCC(C)NC1CCOC(C)C1. The van der Waals surface area contributed by atoms with Crippen LogP contribution in [0.4, 0.5) is 0 Å². The molecule has 0 bridgehead atoms. The number of nitrogens with one attached hydrogen (secondary N) is 1. The van der Waals surface area contributed by atoms with Crippen molar-refractivity contribution in [1.82, 2.24) is 5.32 Å². The summed E-state index contributed by atoms with van der Waals surface area (Å²) in [5.74, 6) is 0.843. The average Bonchev–Trinajstić information content (AvgIpc) is 2.16. The molecule has 96 valence electrons. The first kappa shape index (κ1) is 14.0. The molecule has 3 atom stereocenters. The standard InChI is InChI=1S/C14H29NO/c1-11(2)6-5-7-12(3)15-14-8-9-16-13(4)10-14/h11-15H,5-10H2,1-4H3. The second-order valence-electron chi connectivity index (χ2n) is 5.80. The zero-order chi connectivity index (χ0) is 12.0. The molecule has 1 N–H and O–H groups in total. The molecule has 2 nitrogen and oxygen atoms in total. The summed E-state index contributed by atoms with van der Waals surface area (Å²) in [4.78, 5) is 0. The Morgan fingerprint density at radius 1 is 1.25 bits per heavy atom. The molecule has 1 saturated heterocycles. The predicted octanol–water partition coefficient (Wildman–Crippen LogP) is 3.36. The van der Waals surface area contributed by atoms with Gasteiger partial charge in [-0.15, -0.1) is 0 Å². The van der Waals surface area contributed by atoms with Crippen molar-refractivity contribution < 1.29 is 4.74 Å². The quantitative estimate of drug-likeness (QED) is 0.751. The number of rotatable bonds is 6. The number of hydrogen-bond acceptors (Lipinski definition) is 2. The van der Waals surface area contributed by atoms with Gasteiger partial charge in [0.25, 0.3) is 0 Å². The van der Waals surface area contributed by atoms with E-state index in [9.17, 15) is 0 Å². The Labute approximate surface area is 101 Å². The van der Waals surface area contributed by atoms with Gasteiger partial charge in [0.1, 0.15) is 0 Å². The molecular formula is C14H29NO. The van der Waals surface area contributed by atoms with Crippen molar-refractivity contribution in [3.8, 4) is 0 Å². The van der Waals surface area contributed by atoms with Crippen molar-refractivity contribution in [1.29, 1.82) is 0 Å². The van der Waals surface area contributed by atoms with Crippen LogP contribution in [0.15, 0.2) is 0 Å². The van der Waals surface area contributed by atoms with Gasteiger partial charge in [-0.1, -0.05) is 26.7 Å². The normalized spacial score (nSPS) is 28.3. The fourth-order valence-corrected chi connectivity index (χ4v) is 2.47. The molecule has 0 radical (unpaired) electrons. The third-order valence-electron chi connectivity index (χ3n) is 3.42. The maximum Gasteiger partial charge on any atom is 0.0561 e. The van der Waals surface area contributed by atoms with E-state index in [2.05, 4.69) is 33.0 Å². The number of ether oxygens (including phenoxy) is 1. The molecule has 3 unspecified atom stereocenters. The topological polar surface area (TPSA) is 21.3 Å². The van der Waals surface area contributed by atoms with E-state index in [1.807, 2.05) is 0 Å². The molecule has 1 aliphatic heterocycles. The Morgan fingerprint density at radius 3 is 2.62 bits per heavy atom. The van der Waals surface area contributed by atoms with E-state index in [0.717, 1.165) is 12.5 Å². The maximum absolute atomic E-state index is 5.56. The van der Waals surface area contributed by atoms with Gasteiger partial charge in [-0.3, -0.25) is 0 Å². The molecule has 0 aromatic rings. The van der Waals surface area contributed by atoms with Crippen LogP contribution >= 0.6 is 0 Å². The summed E-state index contributed by atoms with van der Waals surface area (Å²) < 4.78 is 5.56. The molecule has 1 heterocycles. The Bertz CT molecular complexity index is 182. The fraction of sp³-hybridized carbons (Fsp3) is 1.00. The first-order valence-electron chi connectivity index (χ1n) is 6.95. The molecule has 0 aromatic heterocycles. The maximum atomic E-state index is 5.56. The molecule has 1 fully saturated rings. The van der Waals surface area contributed by atoms with Crippen LogP contribution in [0.3, 0.4) is 0 Å². The summed E-state index contributed by atoms with van der Waals surface area (Å²) in [6, 6.07) is 1.34.